The maximum absolute atomic E-state index is 12.1. The van der Waals surface area contributed by atoms with Crippen molar-refractivity contribution in [3.05, 3.63) is 47.3 Å². The number of nitrogens with one attached hydrogen (secondary N) is 2. The third kappa shape index (κ3) is 3.50. The highest BCUT2D eigenvalue weighted by atomic mass is 16.5. The fourth-order valence-corrected chi connectivity index (χ4v) is 2.78. The lowest BCUT2D eigenvalue weighted by atomic mass is 9.96. The molecule has 1 aliphatic heterocycles. The Bertz CT molecular complexity index is 693. The molecule has 1 amide bonds. The van der Waals surface area contributed by atoms with Crippen molar-refractivity contribution < 1.29 is 14.3 Å². The number of ether oxygens (including phenoxy) is 2. The van der Waals surface area contributed by atoms with Gasteiger partial charge in [-0.1, -0.05) is 13.0 Å². The summed E-state index contributed by atoms with van der Waals surface area (Å²) in [5.74, 6) is 1.89. The molecule has 0 saturated heterocycles. The van der Waals surface area contributed by atoms with Crippen LogP contribution in [0.2, 0.25) is 0 Å². The summed E-state index contributed by atoms with van der Waals surface area (Å²) in [7, 11) is 1.65. The van der Waals surface area contributed by atoms with Gasteiger partial charge in [0.05, 0.1) is 13.7 Å². The van der Waals surface area contributed by atoms with Gasteiger partial charge in [0.2, 0.25) is 0 Å². The number of rotatable bonds is 5. The molecular weight excluding hydrogens is 292 g/mol. The van der Waals surface area contributed by atoms with Crippen LogP contribution in [0.3, 0.4) is 0 Å². The fourth-order valence-electron chi connectivity index (χ4n) is 2.78. The highest BCUT2D eigenvalue weighted by Crippen LogP contribution is 2.30. The highest BCUT2D eigenvalue weighted by molar-refractivity contribution is 5.92. The van der Waals surface area contributed by atoms with Gasteiger partial charge < -0.3 is 19.8 Å². The van der Waals surface area contributed by atoms with E-state index in [1.54, 1.807) is 7.11 Å². The molecule has 1 atom stereocenters. The number of benzene rings is 1. The van der Waals surface area contributed by atoms with E-state index in [0.717, 1.165) is 35.6 Å². The summed E-state index contributed by atoms with van der Waals surface area (Å²) < 4.78 is 11.0. The van der Waals surface area contributed by atoms with Crippen LogP contribution in [-0.4, -0.2) is 31.2 Å². The average Bonchev–Trinajstić information content (AvgIpc) is 3.08. The summed E-state index contributed by atoms with van der Waals surface area (Å²) in [5.41, 5.74) is 2.84. The maximum Gasteiger partial charge on any atom is 0.267 e. The largest absolute Gasteiger partial charge is 0.497 e. The first-order valence-electron chi connectivity index (χ1n) is 7.95. The SMILES string of the molecule is CCc1ccc(C(=O)NCC2COc3cc(OC)ccc3C2)[nH]1. The van der Waals surface area contributed by atoms with Crippen LogP contribution in [0.15, 0.2) is 30.3 Å². The predicted octanol–water partition coefficient (Wildman–Crippen LogP) is 2.57. The van der Waals surface area contributed by atoms with Crippen LogP contribution in [0.5, 0.6) is 11.5 Å². The molecule has 0 spiro atoms. The molecule has 1 unspecified atom stereocenters. The van der Waals surface area contributed by atoms with Gasteiger partial charge in [0.1, 0.15) is 17.2 Å². The van der Waals surface area contributed by atoms with Gasteiger partial charge in [-0.05, 0) is 36.6 Å². The zero-order chi connectivity index (χ0) is 16.2. The van der Waals surface area contributed by atoms with Crippen molar-refractivity contribution in [1.29, 1.82) is 0 Å². The summed E-state index contributed by atoms with van der Waals surface area (Å²) in [4.78, 5) is 15.3. The zero-order valence-electron chi connectivity index (χ0n) is 13.5. The van der Waals surface area contributed by atoms with E-state index in [0.29, 0.717) is 18.8 Å². The number of hydrogen-bond donors (Lipinski definition) is 2. The van der Waals surface area contributed by atoms with Crippen molar-refractivity contribution in [1.82, 2.24) is 10.3 Å². The number of aryl methyl sites for hydroxylation is 1. The number of carbonyl (C=O) groups excluding carboxylic acids is 1. The first-order chi connectivity index (χ1) is 11.2. The van der Waals surface area contributed by atoms with Crippen LogP contribution >= 0.6 is 0 Å². The number of methoxy groups -OCH3 is 1. The van der Waals surface area contributed by atoms with Crippen molar-refractivity contribution in [2.45, 2.75) is 19.8 Å². The van der Waals surface area contributed by atoms with E-state index in [4.69, 9.17) is 9.47 Å². The van der Waals surface area contributed by atoms with Gasteiger partial charge in [0.25, 0.3) is 5.91 Å². The quantitative estimate of drug-likeness (QED) is 0.891. The monoisotopic (exact) mass is 314 g/mol. The van der Waals surface area contributed by atoms with Crippen LogP contribution in [0.1, 0.15) is 28.7 Å². The number of amides is 1. The van der Waals surface area contributed by atoms with Gasteiger partial charge in [-0.15, -0.1) is 0 Å². The van der Waals surface area contributed by atoms with Gasteiger partial charge in [0.15, 0.2) is 0 Å². The lowest BCUT2D eigenvalue weighted by Gasteiger charge is -2.25. The molecule has 1 aromatic heterocycles. The van der Waals surface area contributed by atoms with Crippen LogP contribution < -0.4 is 14.8 Å². The van der Waals surface area contributed by atoms with Gasteiger partial charge >= 0.3 is 0 Å². The Labute approximate surface area is 136 Å². The minimum Gasteiger partial charge on any atom is -0.497 e. The average molecular weight is 314 g/mol. The molecule has 2 N–H and O–H groups in total. The lowest BCUT2D eigenvalue weighted by Crippen LogP contribution is -2.35. The summed E-state index contributed by atoms with van der Waals surface area (Å²) in [6.45, 7) is 3.26. The second kappa shape index (κ2) is 6.77. The van der Waals surface area contributed by atoms with Crippen molar-refractivity contribution in [3.8, 4) is 11.5 Å². The van der Waals surface area contributed by atoms with Gasteiger partial charge in [-0.25, -0.2) is 0 Å². The second-order valence-corrected chi connectivity index (χ2v) is 5.82. The Morgan fingerprint density at radius 1 is 1.39 bits per heavy atom. The smallest absolute Gasteiger partial charge is 0.267 e. The number of fused-ring (bicyclic) bond motifs is 1. The molecule has 0 saturated carbocycles. The maximum atomic E-state index is 12.1. The van der Waals surface area contributed by atoms with E-state index in [9.17, 15) is 4.79 Å². The molecule has 5 nitrogen and oxygen atoms in total. The van der Waals surface area contributed by atoms with Crippen molar-refractivity contribution in [3.63, 3.8) is 0 Å². The number of aromatic nitrogens is 1. The molecule has 122 valence electrons. The van der Waals surface area contributed by atoms with E-state index in [2.05, 4.69) is 17.2 Å². The van der Waals surface area contributed by atoms with E-state index >= 15 is 0 Å². The molecule has 1 aliphatic rings. The molecule has 2 aromatic rings. The normalized spacial score (nSPS) is 16.3. The van der Waals surface area contributed by atoms with E-state index in [1.807, 2.05) is 30.3 Å². The Kier molecular flexibility index (Phi) is 4.55. The number of hydrogen-bond acceptors (Lipinski definition) is 3. The first kappa shape index (κ1) is 15.5. The van der Waals surface area contributed by atoms with Gasteiger partial charge in [0, 0.05) is 24.2 Å². The van der Waals surface area contributed by atoms with Crippen molar-refractivity contribution in [2.24, 2.45) is 5.92 Å². The molecule has 0 fully saturated rings. The third-order valence-corrected chi connectivity index (χ3v) is 4.18. The second-order valence-electron chi connectivity index (χ2n) is 5.82. The molecule has 5 heteroatoms. The number of H-pyrrole nitrogens is 1. The van der Waals surface area contributed by atoms with Crippen LogP contribution in [0.25, 0.3) is 0 Å². The van der Waals surface area contributed by atoms with Crippen molar-refractivity contribution in [2.75, 3.05) is 20.3 Å². The summed E-state index contributed by atoms with van der Waals surface area (Å²) >= 11 is 0. The topological polar surface area (TPSA) is 63.4 Å². The minimum absolute atomic E-state index is 0.0646. The summed E-state index contributed by atoms with van der Waals surface area (Å²) in [6, 6.07) is 9.65. The molecule has 2 heterocycles. The predicted molar refractivity (Wildman–Crippen MR) is 88.2 cm³/mol. The fraction of sp³-hybridized carbons (Fsp3) is 0.389. The first-order valence-corrected chi connectivity index (χ1v) is 7.95. The Morgan fingerprint density at radius 2 is 2.26 bits per heavy atom. The van der Waals surface area contributed by atoms with Crippen LogP contribution in [-0.2, 0) is 12.8 Å². The molecule has 23 heavy (non-hydrogen) atoms. The van der Waals surface area contributed by atoms with E-state index in [1.165, 1.54) is 0 Å². The highest BCUT2D eigenvalue weighted by Gasteiger charge is 2.21. The van der Waals surface area contributed by atoms with Gasteiger partial charge in [-0.3, -0.25) is 4.79 Å². The molecule has 0 bridgehead atoms. The van der Waals surface area contributed by atoms with E-state index < -0.39 is 0 Å². The zero-order valence-corrected chi connectivity index (χ0v) is 13.5. The number of aromatic amines is 1. The number of carbonyl (C=O) groups is 1. The molecule has 1 aromatic carbocycles. The minimum atomic E-state index is -0.0646. The molecule has 0 radical (unpaired) electrons. The molecular formula is C18H22N2O3. The molecule has 3 rings (SSSR count). The van der Waals surface area contributed by atoms with Crippen LogP contribution in [0.4, 0.5) is 0 Å². The Hall–Kier alpha value is -2.43. The van der Waals surface area contributed by atoms with E-state index in [-0.39, 0.29) is 11.8 Å². The standard InChI is InChI=1S/C18H22N2O3/c1-3-14-5-7-16(20-14)18(21)19-10-12-8-13-4-6-15(22-2)9-17(13)23-11-12/h4-7,9,12,20H,3,8,10-11H2,1-2H3,(H,19,21). The Balaban J connectivity index is 1.56. The Morgan fingerprint density at radius 3 is 3.00 bits per heavy atom. The summed E-state index contributed by atoms with van der Waals surface area (Å²) in [6.07, 6.45) is 1.79. The summed E-state index contributed by atoms with van der Waals surface area (Å²) in [5, 5.41) is 2.98. The van der Waals surface area contributed by atoms with Gasteiger partial charge in [-0.2, -0.15) is 0 Å². The third-order valence-electron chi connectivity index (χ3n) is 4.18. The molecule has 0 aliphatic carbocycles. The lowest BCUT2D eigenvalue weighted by molar-refractivity contribution is 0.0934. The van der Waals surface area contributed by atoms with Crippen LogP contribution in [0, 0.1) is 5.92 Å². The van der Waals surface area contributed by atoms with Crippen molar-refractivity contribution >= 4 is 5.91 Å².